The van der Waals surface area contributed by atoms with Gasteiger partial charge in [0, 0.05) is 40.0 Å². The minimum atomic E-state index is -0.767. The standard InChI is InChI=1S/C16H26N2O3S/c1-4-22(20)15-7-5-6-14(9-15)18-16(19)17-10-13-8-11(2)21-12(13)3/h8,14-15H,4-7,9-10H2,1-3H3,(H2,17,18,19)/t14-,15+,22+/m0/s1. The van der Waals surface area contributed by atoms with Gasteiger partial charge >= 0.3 is 6.03 Å². The van der Waals surface area contributed by atoms with Crippen molar-refractivity contribution in [2.75, 3.05) is 5.75 Å². The Hall–Kier alpha value is -1.30. The highest BCUT2D eigenvalue weighted by Gasteiger charge is 2.26. The van der Waals surface area contributed by atoms with E-state index >= 15 is 0 Å². The second-order valence-electron chi connectivity index (χ2n) is 5.92. The molecule has 1 aliphatic carbocycles. The van der Waals surface area contributed by atoms with Crippen molar-refractivity contribution in [2.24, 2.45) is 0 Å². The molecule has 5 nitrogen and oxygen atoms in total. The number of carbonyl (C=O) groups excluding carboxylic acids is 1. The summed E-state index contributed by atoms with van der Waals surface area (Å²) >= 11 is 0. The molecule has 1 fully saturated rings. The third kappa shape index (κ3) is 4.60. The summed E-state index contributed by atoms with van der Waals surface area (Å²) in [6, 6.07) is 1.91. The Kier molecular flexibility index (Phi) is 6.06. The molecule has 1 aromatic rings. The molecule has 2 amide bonds. The molecular weight excluding hydrogens is 300 g/mol. The maximum atomic E-state index is 12.0. The number of rotatable bonds is 5. The van der Waals surface area contributed by atoms with Gasteiger partial charge in [0.05, 0.1) is 0 Å². The molecular formula is C16H26N2O3S. The van der Waals surface area contributed by atoms with Crippen LogP contribution >= 0.6 is 0 Å². The van der Waals surface area contributed by atoms with Gasteiger partial charge in [-0.25, -0.2) is 4.79 Å². The van der Waals surface area contributed by atoms with Crippen molar-refractivity contribution in [1.82, 2.24) is 10.6 Å². The van der Waals surface area contributed by atoms with Crippen LogP contribution < -0.4 is 10.6 Å². The normalized spacial score (nSPS) is 23.0. The smallest absolute Gasteiger partial charge is 0.315 e. The van der Waals surface area contributed by atoms with Crippen LogP contribution in [0.3, 0.4) is 0 Å². The molecule has 0 aromatic carbocycles. The van der Waals surface area contributed by atoms with Crippen LogP contribution in [0, 0.1) is 13.8 Å². The van der Waals surface area contributed by atoms with Gasteiger partial charge in [0.25, 0.3) is 0 Å². The van der Waals surface area contributed by atoms with Crippen molar-refractivity contribution in [2.45, 2.75) is 64.3 Å². The first kappa shape index (κ1) is 17.1. The molecule has 22 heavy (non-hydrogen) atoms. The molecule has 2 N–H and O–H groups in total. The average Bonchev–Trinajstić information content (AvgIpc) is 2.82. The van der Waals surface area contributed by atoms with Crippen molar-refractivity contribution in [1.29, 1.82) is 0 Å². The Morgan fingerprint density at radius 2 is 2.18 bits per heavy atom. The molecule has 0 saturated heterocycles. The molecule has 0 unspecified atom stereocenters. The molecule has 0 spiro atoms. The zero-order valence-corrected chi connectivity index (χ0v) is 14.4. The molecule has 124 valence electrons. The second kappa shape index (κ2) is 7.81. The van der Waals surface area contributed by atoms with Crippen LogP contribution in [0.4, 0.5) is 4.79 Å². The Morgan fingerprint density at radius 3 is 2.82 bits per heavy atom. The zero-order valence-electron chi connectivity index (χ0n) is 13.6. The van der Waals surface area contributed by atoms with Crippen LogP contribution in [-0.4, -0.2) is 27.3 Å². The van der Waals surface area contributed by atoms with Crippen molar-refractivity contribution in [3.63, 3.8) is 0 Å². The number of carbonyl (C=O) groups is 1. The SMILES string of the molecule is CC[S@@](=O)[C@@H]1CCC[C@H](NC(=O)NCc2cc(C)oc2C)C1. The molecule has 1 saturated carbocycles. The van der Waals surface area contributed by atoms with E-state index in [4.69, 9.17) is 4.42 Å². The Balaban J connectivity index is 1.79. The quantitative estimate of drug-likeness (QED) is 0.874. The highest BCUT2D eigenvalue weighted by molar-refractivity contribution is 7.85. The van der Waals surface area contributed by atoms with Gasteiger partial charge < -0.3 is 15.1 Å². The largest absolute Gasteiger partial charge is 0.466 e. The van der Waals surface area contributed by atoms with Gasteiger partial charge in [0.15, 0.2) is 0 Å². The lowest BCUT2D eigenvalue weighted by Crippen LogP contribution is -2.45. The van der Waals surface area contributed by atoms with Crippen LogP contribution in [0.15, 0.2) is 10.5 Å². The first-order chi connectivity index (χ1) is 10.5. The topological polar surface area (TPSA) is 71.3 Å². The van der Waals surface area contributed by atoms with Crippen LogP contribution in [0.2, 0.25) is 0 Å². The predicted molar refractivity (Wildman–Crippen MR) is 88.3 cm³/mol. The third-order valence-electron chi connectivity index (χ3n) is 4.20. The van der Waals surface area contributed by atoms with Gasteiger partial charge in [-0.15, -0.1) is 0 Å². The molecule has 1 aromatic heterocycles. The van der Waals surface area contributed by atoms with E-state index in [2.05, 4.69) is 10.6 Å². The predicted octanol–water partition coefficient (Wildman–Crippen LogP) is 2.78. The average molecular weight is 326 g/mol. The number of aryl methyl sites for hydroxylation is 2. The van der Waals surface area contributed by atoms with E-state index in [0.717, 1.165) is 42.8 Å². The van der Waals surface area contributed by atoms with E-state index in [-0.39, 0.29) is 17.3 Å². The van der Waals surface area contributed by atoms with Crippen LogP contribution in [-0.2, 0) is 17.3 Å². The van der Waals surface area contributed by atoms with Crippen molar-refractivity contribution >= 4 is 16.8 Å². The number of hydrogen-bond acceptors (Lipinski definition) is 3. The highest BCUT2D eigenvalue weighted by Crippen LogP contribution is 2.23. The lowest BCUT2D eigenvalue weighted by molar-refractivity contribution is 0.232. The molecule has 6 heteroatoms. The number of furan rings is 1. The Labute approximate surface area is 134 Å². The van der Waals surface area contributed by atoms with Gasteiger partial charge in [-0.3, -0.25) is 4.21 Å². The summed E-state index contributed by atoms with van der Waals surface area (Å²) in [7, 11) is -0.767. The van der Waals surface area contributed by atoms with E-state index in [0.29, 0.717) is 12.3 Å². The first-order valence-electron chi connectivity index (χ1n) is 7.97. The fourth-order valence-electron chi connectivity index (χ4n) is 3.02. The van der Waals surface area contributed by atoms with Gasteiger partial charge in [-0.05, 0) is 39.2 Å². The summed E-state index contributed by atoms with van der Waals surface area (Å²) in [5.74, 6) is 2.39. The number of nitrogens with one attached hydrogen (secondary N) is 2. The van der Waals surface area contributed by atoms with Gasteiger partial charge in [-0.1, -0.05) is 13.3 Å². The monoisotopic (exact) mass is 326 g/mol. The minimum absolute atomic E-state index is 0.126. The van der Waals surface area contributed by atoms with Crippen molar-refractivity contribution in [3.8, 4) is 0 Å². The maximum absolute atomic E-state index is 12.0. The molecule has 1 heterocycles. The fraction of sp³-hybridized carbons (Fsp3) is 0.688. The van der Waals surface area contributed by atoms with Gasteiger partial charge in [0.1, 0.15) is 11.5 Å². The van der Waals surface area contributed by atoms with E-state index in [9.17, 15) is 9.00 Å². The van der Waals surface area contributed by atoms with Crippen molar-refractivity contribution in [3.05, 3.63) is 23.2 Å². The summed E-state index contributed by atoms with van der Waals surface area (Å²) in [5.41, 5.74) is 1.00. The fourth-order valence-corrected chi connectivity index (χ4v) is 4.37. The highest BCUT2D eigenvalue weighted by atomic mass is 32.2. The van der Waals surface area contributed by atoms with Crippen LogP contribution in [0.1, 0.15) is 49.7 Å². The molecule has 3 atom stereocenters. The number of hydrogen-bond donors (Lipinski definition) is 2. The van der Waals surface area contributed by atoms with E-state index in [1.807, 2.05) is 26.8 Å². The van der Waals surface area contributed by atoms with Crippen molar-refractivity contribution < 1.29 is 13.4 Å². The van der Waals surface area contributed by atoms with Gasteiger partial charge in [-0.2, -0.15) is 0 Å². The van der Waals surface area contributed by atoms with Crippen LogP contribution in [0.25, 0.3) is 0 Å². The molecule has 0 radical (unpaired) electrons. The van der Waals surface area contributed by atoms with E-state index < -0.39 is 10.8 Å². The van der Waals surface area contributed by atoms with Gasteiger partial charge in [0.2, 0.25) is 0 Å². The lowest BCUT2D eigenvalue weighted by atomic mass is 9.95. The summed E-state index contributed by atoms with van der Waals surface area (Å²) in [6.45, 7) is 6.21. The van der Waals surface area contributed by atoms with E-state index in [1.165, 1.54) is 0 Å². The second-order valence-corrected chi connectivity index (χ2v) is 7.93. The first-order valence-corrected chi connectivity index (χ1v) is 9.35. The molecule has 2 rings (SSSR count). The van der Waals surface area contributed by atoms with E-state index in [1.54, 1.807) is 0 Å². The number of amides is 2. The maximum Gasteiger partial charge on any atom is 0.315 e. The summed E-state index contributed by atoms with van der Waals surface area (Å²) in [5, 5.41) is 6.11. The zero-order chi connectivity index (χ0) is 16.1. The molecule has 1 aliphatic rings. The number of urea groups is 1. The summed E-state index contributed by atoms with van der Waals surface area (Å²) < 4.78 is 17.4. The summed E-state index contributed by atoms with van der Waals surface area (Å²) in [4.78, 5) is 12.0. The third-order valence-corrected chi connectivity index (χ3v) is 5.94. The molecule has 0 bridgehead atoms. The Bertz CT molecular complexity index is 541. The lowest BCUT2D eigenvalue weighted by Gasteiger charge is -2.29. The van der Waals surface area contributed by atoms with Crippen LogP contribution in [0.5, 0.6) is 0 Å². The minimum Gasteiger partial charge on any atom is -0.466 e. The summed E-state index contributed by atoms with van der Waals surface area (Å²) in [6.07, 6.45) is 3.82. The Morgan fingerprint density at radius 1 is 1.41 bits per heavy atom. The molecule has 0 aliphatic heterocycles.